The number of hydrogen-bond donors (Lipinski definition) is 3. The number of aromatic nitrogens is 1. The van der Waals surface area contributed by atoms with Crippen molar-refractivity contribution in [2.45, 2.75) is 18.9 Å². The van der Waals surface area contributed by atoms with Crippen molar-refractivity contribution < 1.29 is 9.59 Å². The van der Waals surface area contributed by atoms with E-state index in [1.807, 2.05) is 0 Å². The summed E-state index contributed by atoms with van der Waals surface area (Å²) in [6.45, 7) is 0. The molecule has 0 saturated heterocycles. The second-order valence-electron chi connectivity index (χ2n) is 6.38. The molecule has 4 rings (SSSR count). The van der Waals surface area contributed by atoms with Gasteiger partial charge in [-0.3, -0.25) is 14.4 Å². The minimum atomic E-state index is -0.396. The van der Waals surface area contributed by atoms with Gasteiger partial charge in [0, 0.05) is 34.3 Å². The van der Waals surface area contributed by atoms with E-state index in [0.717, 1.165) is 12.8 Å². The van der Waals surface area contributed by atoms with Crippen LogP contribution in [0.3, 0.4) is 0 Å². The molecule has 1 saturated carbocycles. The van der Waals surface area contributed by atoms with Crippen LogP contribution in [-0.4, -0.2) is 22.8 Å². The van der Waals surface area contributed by atoms with Crippen molar-refractivity contribution in [3.05, 3.63) is 76.1 Å². The predicted octanol–water partition coefficient (Wildman–Crippen LogP) is 2.67. The first kappa shape index (κ1) is 16.1. The highest BCUT2D eigenvalue weighted by atomic mass is 16.2. The van der Waals surface area contributed by atoms with Gasteiger partial charge < -0.3 is 15.6 Å². The van der Waals surface area contributed by atoms with Gasteiger partial charge in [-0.1, -0.05) is 24.3 Å². The molecule has 1 aliphatic carbocycles. The predicted molar refractivity (Wildman–Crippen MR) is 99.5 cm³/mol. The van der Waals surface area contributed by atoms with Crippen molar-refractivity contribution >= 4 is 28.4 Å². The van der Waals surface area contributed by atoms with Crippen LogP contribution in [0.1, 0.15) is 33.6 Å². The van der Waals surface area contributed by atoms with Gasteiger partial charge in [0.2, 0.25) is 5.56 Å². The summed E-state index contributed by atoms with van der Waals surface area (Å²) in [5, 5.41) is 6.35. The van der Waals surface area contributed by atoms with Gasteiger partial charge in [0.05, 0.1) is 5.56 Å². The molecule has 6 nitrogen and oxygen atoms in total. The van der Waals surface area contributed by atoms with E-state index in [-0.39, 0.29) is 23.1 Å². The Hall–Kier alpha value is -3.41. The number of nitrogens with one attached hydrogen (secondary N) is 3. The van der Waals surface area contributed by atoms with Gasteiger partial charge >= 0.3 is 0 Å². The molecule has 26 heavy (non-hydrogen) atoms. The molecule has 6 heteroatoms. The van der Waals surface area contributed by atoms with Gasteiger partial charge in [-0.05, 0) is 37.1 Å². The average Bonchev–Trinajstić information content (AvgIpc) is 3.45. The molecule has 130 valence electrons. The van der Waals surface area contributed by atoms with Crippen LogP contribution in [0.25, 0.3) is 10.9 Å². The van der Waals surface area contributed by atoms with Crippen LogP contribution in [0.5, 0.6) is 0 Å². The van der Waals surface area contributed by atoms with Crippen molar-refractivity contribution in [3.8, 4) is 0 Å². The molecule has 0 aliphatic heterocycles. The normalized spacial score (nSPS) is 13.4. The number of amides is 2. The summed E-state index contributed by atoms with van der Waals surface area (Å²) in [6.07, 6.45) is 2.02. The molecule has 2 amide bonds. The lowest BCUT2D eigenvalue weighted by atomic mass is 10.1. The van der Waals surface area contributed by atoms with E-state index in [9.17, 15) is 14.4 Å². The molecule has 0 atom stereocenters. The highest BCUT2D eigenvalue weighted by Gasteiger charge is 2.23. The third kappa shape index (κ3) is 3.35. The standard InChI is InChI=1S/C20H17N3O3/c24-18-11-16(15-6-1-2-7-17(15)23-18)20(26)22-14-5-3-4-12(10-14)19(25)21-13-8-9-13/h1-7,10-11,13H,8-9H2,(H,21,25)(H,22,26)(H,23,24). The van der Waals surface area contributed by atoms with E-state index in [2.05, 4.69) is 15.6 Å². The molecular weight excluding hydrogens is 330 g/mol. The summed E-state index contributed by atoms with van der Waals surface area (Å²) in [4.78, 5) is 39.4. The number of fused-ring (bicyclic) bond motifs is 1. The van der Waals surface area contributed by atoms with E-state index in [1.54, 1.807) is 48.5 Å². The largest absolute Gasteiger partial charge is 0.349 e. The van der Waals surface area contributed by atoms with Gasteiger partial charge in [-0.25, -0.2) is 0 Å². The molecule has 1 aromatic heterocycles. The van der Waals surface area contributed by atoms with Crippen molar-refractivity contribution in [1.29, 1.82) is 0 Å². The molecule has 3 aromatic rings. The summed E-state index contributed by atoms with van der Waals surface area (Å²) in [5.74, 6) is -0.544. The van der Waals surface area contributed by atoms with Crippen LogP contribution < -0.4 is 16.2 Å². The monoisotopic (exact) mass is 347 g/mol. The maximum absolute atomic E-state index is 12.7. The van der Waals surface area contributed by atoms with Gasteiger partial charge in [0.15, 0.2) is 0 Å². The van der Waals surface area contributed by atoms with Crippen LogP contribution in [0.15, 0.2) is 59.4 Å². The molecule has 0 bridgehead atoms. The fourth-order valence-corrected chi connectivity index (χ4v) is 2.83. The lowest BCUT2D eigenvalue weighted by Gasteiger charge is -2.09. The number of carbonyl (C=O) groups is 2. The Morgan fingerprint density at radius 3 is 2.58 bits per heavy atom. The molecule has 0 radical (unpaired) electrons. The Kier molecular flexibility index (Phi) is 4.01. The first-order valence-corrected chi connectivity index (χ1v) is 8.44. The minimum Gasteiger partial charge on any atom is -0.349 e. The highest BCUT2D eigenvalue weighted by molar-refractivity contribution is 6.12. The van der Waals surface area contributed by atoms with Gasteiger partial charge in [0.1, 0.15) is 0 Å². The number of hydrogen-bond acceptors (Lipinski definition) is 3. The second kappa shape index (κ2) is 6.48. The molecule has 1 fully saturated rings. The number of anilines is 1. The fraction of sp³-hybridized carbons (Fsp3) is 0.150. The first-order chi connectivity index (χ1) is 12.6. The highest BCUT2D eigenvalue weighted by Crippen LogP contribution is 2.21. The van der Waals surface area contributed by atoms with Gasteiger partial charge in [-0.15, -0.1) is 0 Å². The van der Waals surface area contributed by atoms with E-state index < -0.39 is 5.91 Å². The minimum absolute atomic E-state index is 0.148. The summed E-state index contributed by atoms with van der Waals surface area (Å²) >= 11 is 0. The first-order valence-electron chi connectivity index (χ1n) is 8.44. The summed E-state index contributed by atoms with van der Waals surface area (Å²) in [5.41, 5.74) is 1.54. The third-order valence-electron chi connectivity index (χ3n) is 4.29. The number of pyridine rings is 1. The zero-order chi connectivity index (χ0) is 18.1. The lowest BCUT2D eigenvalue weighted by Crippen LogP contribution is -2.25. The Labute approximate surface area is 149 Å². The van der Waals surface area contributed by atoms with Crippen molar-refractivity contribution in [1.82, 2.24) is 10.3 Å². The van der Waals surface area contributed by atoms with Gasteiger partial charge in [0.25, 0.3) is 11.8 Å². The number of para-hydroxylation sites is 1. The van der Waals surface area contributed by atoms with Crippen LogP contribution in [-0.2, 0) is 0 Å². The van der Waals surface area contributed by atoms with E-state index >= 15 is 0 Å². The molecule has 0 unspecified atom stereocenters. The SMILES string of the molecule is O=C(NC1CC1)c1cccc(NC(=O)c2cc(=O)[nH]c3ccccc23)c1. The van der Waals surface area contributed by atoms with Crippen LogP contribution in [0.2, 0.25) is 0 Å². The van der Waals surface area contributed by atoms with Crippen LogP contribution in [0.4, 0.5) is 5.69 Å². The number of benzene rings is 2. The number of H-pyrrole nitrogens is 1. The summed E-state index contributed by atoms with van der Waals surface area (Å²) in [6, 6.07) is 15.4. The fourth-order valence-electron chi connectivity index (χ4n) is 2.83. The van der Waals surface area contributed by atoms with Crippen LogP contribution in [0, 0.1) is 0 Å². The Morgan fingerprint density at radius 1 is 0.962 bits per heavy atom. The molecule has 2 aromatic carbocycles. The molecule has 3 N–H and O–H groups in total. The van der Waals surface area contributed by atoms with Crippen molar-refractivity contribution in [3.63, 3.8) is 0 Å². The smallest absolute Gasteiger partial charge is 0.256 e. The zero-order valence-electron chi connectivity index (χ0n) is 13.9. The molecule has 0 spiro atoms. The lowest BCUT2D eigenvalue weighted by molar-refractivity contribution is 0.0949. The molecular formula is C20H17N3O3. The Balaban J connectivity index is 1.61. The van der Waals surface area contributed by atoms with E-state index in [1.165, 1.54) is 6.07 Å². The average molecular weight is 347 g/mol. The molecule has 1 aliphatic rings. The van der Waals surface area contributed by atoms with Crippen molar-refractivity contribution in [2.75, 3.05) is 5.32 Å². The third-order valence-corrected chi connectivity index (χ3v) is 4.29. The maximum Gasteiger partial charge on any atom is 0.256 e. The number of carbonyl (C=O) groups excluding carboxylic acids is 2. The van der Waals surface area contributed by atoms with Crippen LogP contribution >= 0.6 is 0 Å². The quantitative estimate of drug-likeness (QED) is 0.678. The molecule has 1 heterocycles. The van der Waals surface area contributed by atoms with Crippen molar-refractivity contribution in [2.24, 2.45) is 0 Å². The number of rotatable bonds is 4. The summed E-state index contributed by atoms with van der Waals surface area (Å²) in [7, 11) is 0. The van der Waals surface area contributed by atoms with E-state index in [4.69, 9.17) is 0 Å². The Morgan fingerprint density at radius 2 is 1.77 bits per heavy atom. The topological polar surface area (TPSA) is 91.1 Å². The maximum atomic E-state index is 12.7. The zero-order valence-corrected chi connectivity index (χ0v) is 13.9. The second-order valence-corrected chi connectivity index (χ2v) is 6.38. The Bertz CT molecular complexity index is 1070. The van der Waals surface area contributed by atoms with Gasteiger partial charge in [-0.2, -0.15) is 0 Å². The van der Waals surface area contributed by atoms with E-state index in [0.29, 0.717) is 22.2 Å². The summed E-state index contributed by atoms with van der Waals surface area (Å²) < 4.78 is 0. The number of aromatic amines is 1.